The van der Waals surface area contributed by atoms with E-state index >= 15 is 0 Å². The van der Waals surface area contributed by atoms with E-state index in [1.165, 1.54) is 12.1 Å². The lowest BCUT2D eigenvalue weighted by Gasteiger charge is -2.43. The monoisotopic (exact) mass is 517 g/mol. The Hall–Kier alpha value is -2.45. The number of benzene rings is 2. The number of hydrogen-bond acceptors (Lipinski definition) is 5. The second-order valence-corrected chi connectivity index (χ2v) is 10.1. The zero-order valence-corrected chi connectivity index (χ0v) is 20.5. The first kappa shape index (κ1) is 24.3. The summed E-state index contributed by atoms with van der Waals surface area (Å²) >= 11 is 11.8. The average molecular weight is 518 g/mol. The minimum atomic E-state index is -0.517. The number of nitrogens with one attached hydrogen (secondary N) is 2. The van der Waals surface area contributed by atoms with Gasteiger partial charge in [0.2, 0.25) is 0 Å². The van der Waals surface area contributed by atoms with Crippen molar-refractivity contribution >= 4 is 40.0 Å². The lowest BCUT2D eigenvalue weighted by Crippen LogP contribution is -2.61. The van der Waals surface area contributed by atoms with E-state index in [0.29, 0.717) is 42.3 Å². The normalized spacial score (nSPS) is 21.3. The van der Waals surface area contributed by atoms with Crippen LogP contribution in [0.25, 0.3) is 10.9 Å². The number of carbonyl (C=O) groups excluding carboxylic acids is 1. The van der Waals surface area contributed by atoms with Crippen molar-refractivity contribution in [3.8, 4) is 5.75 Å². The van der Waals surface area contributed by atoms with Gasteiger partial charge in [-0.3, -0.25) is 4.79 Å². The maximum atomic E-state index is 13.8. The van der Waals surface area contributed by atoms with Gasteiger partial charge in [0.15, 0.2) is 5.60 Å². The minimum absolute atomic E-state index is 0.0690. The summed E-state index contributed by atoms with van der Waals surface area (Å²) in [6.07, 6.45) is 3.61. The molecule has 1 amide bonds. The summed E-state index contributed by atoms with van der Waals surface area (Å²) in [6.45, 7) is 1.49. The summed E-state index contributed by atoms with van der Waals surface area (Å²) in [5.41, 5.74) is 0.632. The Labute approximate surface area is 213 Å². The highest BCUT2D eigenvalue weighted by Crippen LogP contribution is 2.29. The molecule has 2 fully saturated rings. The molecule has 5 rings (SSSR count). The van der Waals surface area contributed by atoms with Gasteiger partial charge in [0.25, 0.3) is 5.91 Å². The maximum Gasteiger partial charge on any atom is 0.270 e. The van der Waals surface area contributed by atoms with Gasteiger partial charge in [0.05, 0.1) is 23.8 Å². The Morgan fingerprint density at radius 2 is 1.83 bits per heavy atom. The molecule has 1 aliphatic carbocycles. The quantitative estimate of drug-likeness (QED) is 0.452. The number of nitrogens with zero attached hydrogens (tertiary/aromatic N) is 1. The molecule has 184 valence electrons. The Balaban J connectivity index is 1.10. The van der Waals surface area contributed by atoms with Gasteiger partial charge in [0, 0.05) is 35.1 Å². The number of amides is 1. The largest absolute Gasteiger partial charge is 0.481 e. The number of pyridine rings is 1. The molecule has 2 heterocycles. The van der Waals surface area contributed by atoms with E-state index in [1.807, 2.05) is 18.2 Å². The predicted molar refractivity (Wildman–Crippen MR) is 134 cm³/mol. The number of ether oxygens (including phenoxy) is 2. The van der Waals surface area contributed by atoms with Crippen LogP contribution < -0.4 is 15.4 Å². The Morgan fingerprint density at radius 1 is 1.06 bits per heavy atom. The van der Waals surface area contributed by atoms with Crippen molar-refractivity contribution in [1.82, 2.24) is 15.6 Å². The van der Waals surface area contributed by atoms with Crippen molar-refractivity contribution in [1.29, 1.82) is 0 Å². The average Bonchev–Trinajstić information content (AvgIpc) is 2.83. The van der Waals surface area contributed by atoms with Gasteiger partial charge in [-0.05, 0) is 62.1 Å². The minimum Gasteiger partial charge on any atom is -0.481 e. The molecule has 35 heavy (non-hydrogen) atoms. The maximum absolute atomic E-state index is 13.8. The SMILES string of the molecule is O=C(N[C@H]1CC[C@H](NCC2(Oc3ccc(Cl)c(F)c3)COC2)CC1)c1ccc2cc(Cl)ccc2n1. The van der Waals surface area contributed by atoms with Crippen LogP contribution in [0.1, 0.15) is 36.2 Å². The van der Waals surface area contributed by atoms with Gasteiger partial charge in [-0.1, -0.05) is 29.3 Å². The Kier molecular flexibility index (Phi) is 7.12. The van der Waals surface area contributed by atoms with E-state index < -0.39 is 11.4 Å². The number of aromatic nitrogens is 1. The van der Waals surface area contributed by atoms with Gasteiger partial charge < -0.3 is 20.1 Å². The Bertz CT molecular complexity index is 1230. The molecule has 0 spiro atoms. The van der Waals surface area contributed by atoms with Gasteiger partial charge in [-0.25, -0.2) is 9.37 Å². The zero-order chi connectivity index (χ0) is 24.4. The fourth-order valence-electron chi connectivity index (χ4n) is 4.57. The van der Waals surface area contributed by atoms with Crippen LogP contribution in [-0.2, 0) is 4.74 Å². The highest BCUT2D eigenvalue weighted by molar-refractivity contribution is 6.31. The van der Waals surface area contributed by atoms with Crippen molar-refractivity contribution in [2.24, 2.45) is 0 Å². The second-order valence-electron chi connectivity index (χ2n) is 9.29. The molecule has 0 unspecified atom stereocenters. The van der Waals surface area contributed by atoms with E-state index in [0.717, 1.165) is 36.6 Å². The van der Waals surface area contributed by atoms with E-state index in [9.17, 15) is 9.18 Å². The summed E-state index contributed by atoms with van der Waals surface area (Å²) in [5, 5.41) is 8.32. The molecule has 1 saturated carbocycles. The topological polar surface area (TPSA) is 72.5 Å². The Morgan fingerprint density at radius 3 is 2.54 bits per heavy atom. The summed E-state index contributed by atoms with van der Waals surface area (Å²) in [5.74, 6) is -0.225. The van der Waals surface area contributed by atoms with Crippen molar-refractivity contribution in [2.45, 2.75) is 43.4 Å². The number of halogens is 3. The molecule has 9 heteroatoms. The summed E-state index contributed by atoms with van der Waals surface area (Å²) in [7, 11) is 0. The lowest BCUT2D eigenvalue weighted by atomic mass is 9.90. The molecule has 0 atom stereocenters. The van der Waals surface area contributed by atoms with Crippen LogP contribution in [0, 0.1) is 5.82 Å². The van der Waals surface area contributed by atoms with Gasteiger partial charge in [-0.15, -0.1) is 0 Å². The molecule has 0 radical (unpaired) electrons. The molecule has 2 aliphatic rings. The smallest absolute Gasteiger partial charge is 0.270 e. The number of rotatable bonds is 7. The first-order valence-electron chi connectivity index (χ1n) is 11.7. The molecular weight excluding hydrogens is 492 g/mol. The van der Waals surface area contributed by atoms with Crippen LogP contribution in [0.3, 0.4) is 0 Å². The first-order valence-corrected chi connectivity index (χ1v) is 12.5. The fourth-order valence-corrected chi connectivity index (χ4v) is 4.87. The number of carbonyl (C=O) groups is 1. The molecule has 3 aromatic rings. The fraction of sp³-hybridized carbons (Fsp3) is 0.385. The molecule has 1 saturated heterocycles. The predicted octanol–water partition coefficient (Wildman–Crippen LogP) is 5.16. The third-order valence-electron chi connectivity index (χ3n) is 6.61. The molecule has 2 N–H and O–H groups in total. The van der Waals surface area contributed by atoms with Crippen LogP contribution in [0.5, 0.6) is 5.75 Å². The molecule has 2 aromatic carbocycles. The van der Waals surface area contributed by atoms with Crippen molar-refractivity contribution in [3.05, 3.63) is 70.1 Å². The number of fused-ring (bicyclic) bond motifs is 1. The zero-order valence-electron chi connectivity index (χ0n) is 19.0. The van der Waals surface area contributed by atoms with E-state index in [2.05, 4.69) is 15.6 Å². The van der Waals surface area contributed by atoms with Crippen LogP contribution in [0.4, 0.5) is 4.39 Å². The summed E-state index contributed by atoms with van der Waals surface area (Å²) < 4.78 is 25.2. The lowest BCUT2D eigenvalue weighted by molar-refractivity contribution is -0.159. The van der Waals surface area contributed by atoms with Gasteiger partial charge >= 0.3 is 0 Å². The van der Waals surface area contributed by atoms with Gasteiger partial charge in [0.1, 0.15) is 17.3 Å². The van der Waals surface area contributed by atoms with Gasteiger partial charge in [-0.2, -0.15) is 0 Å². The third-order valence-corrected chi connectivity index (χ3v) is 7.16. The van der Waals surface area contributed by atoms with Crippen molar-refractivity contribution in [2.75, 3.05) is 19.8 Å². The first-order chi connectivity index (χ1) is 16.9. The summed E-state index contributed by atoms with van der Waals surface area (Å²) in [6, 6.07) is 13.9. The van der Waals surface area contributed by atoms with Crippen molar-refractivity contribution in [3.63, 3.8) is 0 Å². The van der Waals surface area contributed by atoms with Crippen LogP contribution in [-0.4, -0.2) is 48.3 Å². The molecular formula is C26H26Cl2FN3O3. The second kappa shape index (κ2) is 10.3. The molecule has 1 aliphatic heterocycles. The van der Waals surface area contributed by atoms with Crippen LogP contribution in [0.15, 0.2) is 48.5 Å². The van der Waals surface area contributed by atoms with E-state index in [-0.39, 0.29) is 17.0 Å². The number of hydrogen-bond donors (Lipinski definition) is 2. The molecule has 6 nitrogen and oxygen atoms in total. The van der Waals surface area contributed by atoms with Crippen LogP contribution in [0.2, 0.25) is 10.0 Å². The highest BCUT2D eigenvalue weighted by atomic mass is 35.5. The highest BCUT2D eigenvalue weighted by Gasteiger charge is 2.42. The van der Waals surface area contributed by atoms with E-state index in [1.54, 1.807) is 18.2 Å². The molecule has 1 aromatic heterocycles. The van der Waals surface area contributed by atoms with Crippen LogP contribution >= 0.6 is 23.2 Å². The third kappa shape index (κ3) is 5.70. The standard InChI is InChI=1S/C26H26Cl2FN3O3/c27-17-2-10-23-16(11-17)1-9-24(32-23)25(33)31-19-5-3-18(4-6-19)30-13-26(14-34-15-26)35-20-7-8-21(28)22(29)12-20/h1-2,7-12,18-19,30H,3-6,13-15H2,(H,31,33)/t18-,19-. The van der Waals surface area contributed by atoms with Crippen molar-refractivity contribution < 1.29 is 18.7 Å². The molecule has 0 bridgehead atoms. The van der Waals surface area contributed by atoms with E-state index in [4.69, 9.17) is 32.7 Å². The summed E-state index contributed by atoms with van der Waals surface area (Å²) in [4.78, 5) is 17.2.